The minimum atomic E-state index is -0.430. The smallest absolute Gasteiger partial charge is 0.188 e. The van der Waals surface area contributed by atoms with Gasteiger partial charge in [-0.15, -0.1) is 0 Å². The predicted octanol–water partition coefficient (Wildman–Crippen LogP) is 4.24. The zero-order valence-corrected chi connectivity index (χ0v) is 17.1. The van der Waals surface area contributed by atoms with E-state index in [1.54, 1.807) is 14.2 Å². The predicted molar refractivity (Wildman–Crippen MR) is 102 cm³/mol. The summed E-state index contributed by atoms with van der Waals surface area (Å²) in [6, 6.07) is 6.20. The van der Waals surface area contributed by atoms with Crippen molar-refractivity contribution in [3.63, 3.8) is 0 Å². The van der Waals surface area contributed by atoms with Gasteiger partial charge in [0, 0.05) is 39.1 Å². The lowest BCUT2D eigenvalue weighted by atomic mass is 9.89. The van der Waals surface area contributed by atoms with Gasteiger partial charge in [0.2, 0.25) is 0 Å². The van der Waals surface area contributed by atoms with Crippen molar-refractivity contribution < 1.29 is 18.9 Å². The summed E-state index contributed by atoms with van der Waals surface area (Å²) >= 11 is 0. The Morgan fingerprint density at radius 1 is 0.920 bits per heavy atom. The highest BCUT2D eigenvalue weighted by Gasteiger charge is 2.38. The van der Waals surface area contributed by atoms with E-state index in [2.05, 4.69) is 24.8 Å². The van der Waals surface area contributed by atoms with E-state index in [0.717, 1.165) is 30.1 Å². The minimum Gasteiger partial charge on any atom is -0.467 e. The Labute approximate surface area is 153 Å². The first kappa shape index (κ1) is 21.7. The molecule has 0 fully saturated rings. The van der Waals surface area contributed by atoms with E-state index in [4.69, 9.17) is 18.9 Å². The SMILES string of the molecule is CCN(CC)c1cc(COC(C)(C)C(C)(C)OC)cc(OCOC)c1. The van der Waals surface area contributed by atoms with Gasteiger partial charge in [-0.2, -0.15) is 0 Å². The van der Waals surface area contributed by atoms with Gasteiger partial charge in [0.05, 0.1) is 17.8 Å². The van der Waals surface area contributed by atoms with Gasteiger partial charge in [-0.05, 0) is 59.2 Å². The molecule has 0 saturated heterocycles. The van der Waals surface area contributed by atoms with Crippen LogP contribution in [-0.4, -0.2) is 45.3 Å². The Morgan fingerprint density at radius 3 is 2.08 bits per heavy atom. The number of nitrogens with zero attached hydrogens (tertiary/aromatic N) is 1. The van der Waals surface area contributed by atoms with Crippen LogP contribution >= 0.6 is 0 Å². The molecule has 0 radical (unpaired) electrons. The van der Waals surface area contributed by atoms with Crippen molar-refractivity contribution in [2.24, 2.45) is 0 Å². The molecule has 0 aromatic heterocycles. The van der Waals surface area contributed by atoms with Gasteiger partial charge in [-0.25, -0.2) is 0 Å². The van der Waals surface area contributed by atoms with Crippen LogP contribution in [0.3, 0.4) is 0 Å². The molecular formula is C20H35NO4. The van der Waals surface area contributed by atoms with Crippen LogP contribution in [0.25, 0.3) is 0 Å². The molecule has 25 heavy (non-hydrogen) atoms. The van der Waals surface area contributed by atoms with E-state index in [0.29, 0.717) is 6.61 Å². The molecule has 5 nitrogen and oxygen atoms in total. The molecule has 1 aromatic carbocycles. The van der Waals surface area contributed by atoms with Crippen LogP contribution in [0.15, 0.2) is 18.2 Å². The monoisotopic (exact) mass is 353 g/mol. The molecular weight excluding hydrogens is 318 g/mol. The van der Waals surface area contributed by atoms with Crippen molar-refractivity contribution in [1.82, 2.24) is 0 Å². The molecule has 0 amide bonds. The van der Waals surface area contributed by atoms with Crippen LogP contribution < -0.4 is 9.64 Å². The molecule has 144 valence electrons. The first-order valence-corrected chi connectivity index (χ1v) is 8.90. The molecule has 0 aliphatic carbocycles. The van der Waals surface area contributed by atoms with Gasteiger partial charge in [0.15, 0.2) is 6.79 Å². The first-order chi connectivity index (χ1) is 11.7. The zero-order valence-electron chi connectivity index (χ0n) is 17.1. The maximum atomic E-state index is 6.20. The molecule has 0 aliphatic rings. The second-order valence-electron chi connectivity index (χ2n) is 7.07. The summed E-state index contributed by atoms with van der Waals surface area (Å²) in [5, 5.41) is 0. The fraction of sp³-hybridized carbons (Fsp3) is 0.700. The van der Waals surface area contributed by atoms with Crippen LogP contribution in [0.1, 0.15) is 47.1 Å². The Kier molecular flexibility index (Phi) is 8.19. The Bertz CT molecular complexity index is 524. The maximum Gasteiger partial charge on any atom is 0.188 e. The lowest BCUT2D eigenvalue weighted by molar-refractivity contribution is -0.169. The van der Waals surface area contributed by atoms with E-state index in [-0.39, 0.29) is 6.79 Å². The molecule has 0 saturated carbocycles. The number of hydrogen-bond acceptors (Lipinski definition) is 5. The van der Waals surface area contributed by atoms with E-state index in [1.165, 1.54) is 0 Å². The lowest BCUT2D eigenvalue weighted by Gasteiger charge is -2.40. The molecule has 0 spiro atoms. The normalized spacial score (nSPS) is 12.3. The molecule has 0 aliphatic heterocycles. The standard InChI is InChI=1S/C20H35NO4/c1-9-21(10-2)17-11-16(12-18(13-17)24-15-22-7)14-25-20(5,6)19(3,4)23-8/h11-13H,9-10,14-15H2,1-8H3. The minimum absolute atomic E-state index is 0.226. The van der Waals surface area contributed by atoms with Crippen LogP contribution in [-0.2, 0) is 20.8 Å². The van der Waals surface area contributed by atoms with Gasteiger partial charge in [0.25, 0.3) is 0 Å². The maximum absolute atomic E-state index is 6.20. The quantitative estimate of drug-likeness (QED) is 0.557. The summed E-state index contributed by atoms with van der Waals surface area (Å²) < 4.78 is 22.5. The molecule has 0 bridgehead atoms. The highest BCUT2D eigenvalue weighted by Crippen LogP contribution is 2.31. The summed E-state index contributed by atoms with van der Waals surface area (Å²) in [6.45, 7) is 15.0. The van der Waals surface area contributed by atoms with Crippen LogP contribution in [0.4, 0.5) is 5.69 Å². The molecule has 0 N–H and O–H groups in total. The topological polar surface area (TPSA) is 40.2 Å². The number of anilines is 1. The summed E-state index contributed by atoms with van der Waals surface area (Å²) in [5.74, 6) is 0.786. The van der Waals surface area contributed by atoms with Crippen LogP contribution in [0, 0.1) is 0 Å². The van der Waals surface area contributed by atoms with Crippen molar-refractivity contribution in [3.05, 3.63) is 23.8 Å². The Balaban J connectivity index is 3.02. The molecule has 5 heteroatoms. The molecule has 0 atom stereocenters. The van der Waals surface area contributed by atoms with Gasteiger partial charge in [-0.3, -0.25) is 0 Å². The largest absolute Gasteiger partial charge is 0.467 e. The number of ether oxygens (including phenoxy) is 4. The first-order valence-electron chi connectivity index (χ1n) is 8.90. The van der Waals surface area contributed by atoms with Gasteiger partial charge in [-0.1, -0.05) is 0 Å². The highest BCUT2D eigenvalue weighted by atomic mass is 16.7. The number of benzene rings is 1. The summed E-state index contributed by atoms with van der Waals surface area (Å²) in [5.41, 5.74) is 1.37. The number of hydrogen-bond donors (Lipinski definition) is 0. The van der Waals surface area contributed by atoms with Crippen molar-refractivity contribution >= 4 is 5.69 Å². The summed E-state index contributed by atoms with van der Waals surface area (Å²) in [6.07, 6.45) is 0. The van der Waals surface area contributed by atoms with E-state index >= 15 is 0 Å². The van der Waals surface area contributed by atoms with Gasteiger partial charge in [0.1, 0.15) is 5.75 Å². The second kappa shape index (κ2) is 9.41. The highest BCUT2D eigenvalue weighted by molar-refractivity contribution is 5.53. The van der Waals surface area contributed by atoms with Gasteiger partial charge >= 0.3 is 0 Å². The fourth-order valence-electron chi connectivity index (χ4n) is 2.39. The average molecular weight is 354 g/mol. The number of rotatable bonds is 11. The van der Waals surface area contributed by atoms with Crippen molar-refractivity contribution in [2.75, 3.05) is 39.0 Å². The average Bonchev–Trinajstić information content (AvgIpc) is 2.59. The summed E-state index contributed by atoms with van der Waals surface area (Å²) in [4.78, 5) is 2.29. The zero-order chi connectivity index (χ0) is 19.1. The summed E-state index contributed by atoms with van der Waals surface area (Å²) in [7, 11) is 3.33. The molecule has 1 rings (SSSR count). The van der Waals surface area contributed by atoms with Crippen molar-refractivity contribution in [3.8, 4) is 5.75 Å². The van der Waals surface area contributed by atoms with Crippen LogP contribution in [0.2, 0.25) is 0 Å². The van der Waals surface area contributed by atoms with Crippen LogP contribution in [0.5, 0.6) is 5.75 Å². The second-order valence-corrected chi connectivity index (χ2v) is 7.07. The van der Waals surface area contributed by atoms with Gasteiger partial charge < -0.3 is 23.8 Å². The molecule has 1 aromatic rings. The number of methoxy groups -OCH3 is 2. The van der Waals surface area contributed by atoms with E-state index in [9.17, 15) is 0 Å². The Hall–Kier alpha value is -1.30. The third-order valence-corrected chi connectivity index (χ3v) is 4.98. The lowest BCUT2D eigenvalue weighted by Crippen LogP contribution is -2.48. The van der Waals surface area contributed by atoms with Crippen molar-refractivity contribution in [2.45, 2.75) is 59.4 Å². The third-order valence-electron chi connectivity index (χ3n) is 4.98. The van der Waals surface area contributed by atoms with E-state index in [1.807, 2.05) is 39.8 Å². The molecule has 0 heterocycles. The fourth-order valence-corrected chi connectivity index (χ4v) is 2.39. The third kappa shape index (κ3) is 5.87. The Morgan fingerprint density at radius 2 is 1.56 bits per heavy atom. The van der Waals surface area contributed by atoms with E-state index < -0.39 is 11.2 Å². The molecule has 0 unspecified atom stereocenters. The van der Waals surface area contributed by atoms with Crippen molar-refractivity contribution in [1.29, 1.82) is 0 Å².